The van der Waals surface area contributed by atoms with Crippen LogP contribution in [0.4, 0.5) is 5.69 Å². The van der Waals surface area contributed by atoms with Gasteiger partial charge in [0.1, 0.15) is 0 Å². The summed E-state index contributed by atoms with van der Waals surface area (Å²) in [6.45, 7) is 2.45. The van der Waals surface area contributed by atoms with Crippen LogP contribution in [0.1, 0.15) is 21.5 Å². The van der Waals surface area contributed by atoms with E-state index in [4.69, 9.17) is 5.53 Å². The monoisotopic (exact) mass is 266 g/mol. The Balaban J connectivity index is 2.09. The molecule has 0 aliphatic carbocycles. The molecule has 0 atom stereocenters. The van der Waals surface area contributed by atoms with Gasteiger partial charge in [-0.25, -0.2) is 0 Å². The number of nitrogens with zero attached hydrogens (tertiary/aromatic N) is 3. The number of amides is 1. The van der Waals surface area contributed by atoms with Crippen LogP contribution in [0.5, 0.6) is 0 Å². The van der Waals surface area contributed by atoms with Crippen molar-refractivity contribution in [1.82, 2.24) is 5.32 Å². The van der Waals surface area contributed by atoms with Gasteiger partial charge in [0.25, 0.3) is 5.91 Å². The lowest BCUT2D eigenvalue weighted by Crippen LogP contribution is -2.22. The van der Waals surface area contributed by atoms with Crippen LogP contribution in [0.2, 0.25) is 0 Å². The molecule has 1 amide bonds. The third kappa shape index (κ3) is 3.37. The molecule has 0 saturated heterocycles. The third-order valence-electron chi connectivity index (χ3n) is 2.87. The van der Waals surface area contributed by atoms with E-state index >= 15 is 0 Å². The van der Waals surface area contributed by atoms with Crippen molar-refractivity contribution in [2.75, 3.05) is 0 Å². The molecule has 0 aliphatic heterocycles. The average molecular weight is 266 g/mol. The summed E-state index contributed by atoms with van der Waals surface area (Å²) in [5, 5.41) is 6.33. The molecule has 5 heteroatoms. The average Bonchev–Trinajstić information content (AvgIpc) is 2.47. The van der Waals surface area contributed by atoms with Crippen molar-refractivity contribution in [1.29, 1.82) is 0 Å². The Morgan fingerprint density at radius 3 is 2.60 bits per heavy atom. The number of aryl methyl sites for hydroxylation is 1. The minimum Gasteiger partial charge on any atom is -0.348 e. The summed E-state index contributed by atoms with van der Waals surface area (Å²) >= 11 is 0. The zero-order valence-corrected chi connectivity index (χ0v) is 11.1. The van der Waals surface area contributed by atoms with Gasteiger partial charge in [-0.15, -0.1) is 0 Å². The molecule has 0 fully saturated rings. The lowest BCUT2D eigenvalue weighted by molar-refractivity contribution is 0.0951. The number of carbonyl (C=O) groups excluding carboxylic acids is 1. The van der Waals surface area contributed by atoms with Crippen LogP contribution in [-0.2, 0) is 6.54 Å². The van der Waals surface area contributed by atoms with Crippen molar-refractivity contribution in [3.8, 4) is 0 Å². The van der Waals surface area contributed by atoms with Crippen LogP contribution >= 0.6 is 0 Å². The summed E-state index contributed by atoms with van der Waals surface area (Å²) in [7, 11) is 0. The Kier molecular flexibility index (Phi) is 4.37. The zero-order valence-electron chi connectivity index (χ0n) is 11.1. The van der Waals surface area contributed by atoms with Crippen LogP contribution in [0.3, 0.4) is 0 Å². The van der Waals surface area contributed by atoms with Gasteiger partial charge in [0.15, 0.2) is 0 Å². The number of benzene rings is 2. The summed E-state index contributed by atoms with van der Waals surface area (Å²) in [4.78, 5) is 14.8. The van der Waals surface area contributed by atoms with Crippen molar-refractivity contribution in [3.63, 3.8) is 0 Å². The minimum atomic E-state index is -0.256. The van der Waals surface area contributed by atoms with Crippen LogP contribution < -0.4 is 5.32 Å². The summed E-state index contributed by atoms with van der Waals surface area (Å²) in [6, 6.07) is 14.6. The molecule has 100 valence electrons. The first-order valence-corrected chi connectivity index (χ1v) is 6.18. The number of carbonyl (C=O) groups is 1. The second kappa shape index (κ2) is 6.41. The third-order valence-corrected chi connectivity index (χ3v) is 2.87. The van der Waals surface area contributed by atoms with Gasteiger partial charge in [0.2, 0.25) is 0 Å². The fourth-order valence-electron chi connectivity index (χ4n) is 1.78. The zero-order chi connectivity index (χ0) is 14.4. The van der Waals surface area contributed by atoms with Gasteiger partial charge in [-0.1, -0.05) is 53.1 Å². The van der Waals surface area contributed by atoms with Crippen molar-refractivity contribution in [2.24, 2.45) is 5.11 Å². The molecular formula is C15H14N4O. The molecule has 0 saturated carbocycles. The van der Waals surface area contributed by atoms with E-state index in [1.54, 1.807) is 24.3 Å². The van der Waals surface area contributed by atoms with E-state index in [2.05, 4.69) is 15.3 Å². The maximum absolute atomic E-state index is 12.1. The second-order valence-corrected chi connectivity index (χ2v) is 4.37. The van der Waals surface area contributed by atoms with Gasteiger partial charge in [-0.3, -0.25) is 4.79 Å². The van der Waals surface area contributed by atoms with Crippen LogP contribution in [0.25, 0.3) is 10.4 Å². The molecule has 2 rings (SSSR count). The van der Waals surface area contributed by atoms with E-state index in [1.165, 1.54) is 5.56 Å². The van der Waals surface area contributed by atoms with Crippen molar-refractivity contribution >= 4 is 11.6 Å². The Morgan fingerprint density at radius 1 is 1.20 bits per heavy atom. The number of nitrogens with one attached hydrogen (secondary N) is 1. The van der Waals surface area contributed by atoms with Crippen LogP contribution in [0, 0.1) is 6.92 Å². The first kappa shape index (κ1) is 13.6. The Hall–Kier alpha value is -2.78. The molecule has 5 nitrogen and oxygen atoms in total. The fourth-order valence-corrected chi connectivity index (χ4v) is 1.78. The number of rotatable bonds is 4. The molecule has 0 aliphatic rings. The van der Waals surface area contributed by atoms with Crippen molar-refractivity contribution in [2.45, 2.75) is 13.5 Å². The molecule has 0 aromatic heterocycles. The van der Waals surface area contributed by atoms with E-state index in [1.807, 2.05) is 31.2 Å². The fraction of sp³-hybridized carbons (Fsp3) is 0.133. The standard InChI is InChI=1S/C15H14N4O/c1-11-6-8-12(9-7-11)10-17-15(20)13-4-2-3-5-14(13)18-19-16/h2-9H,10H2,1H3,(H,17,20). The van der Waals surface area contributed by atoms with Gasteiger partial charge in [0.05, 0.1) is 5.69 Å². The molecule has 0 unspecified atom stereocenters. The van der Waals surface area contributed by atoms with E-state index < -0.39 is 0 Å². The summed E-state index contributed by atoms with van der Waals surface area (Å²) in [5.41, 5.74) is 11.4. The normalized spacial score (nSPS) is 9.65. The van der Waals surface area contributed by atoms with Gasteiger partial charge in [-0.05, 0) is 24.1 Å². The number of azide groups is 1. The van der Waals surface area contributed by atoms with Gasteiger partial charge < -0.3 is 5.32 Å². The van der Waals surface area contributed by atoms with Crippen molar-refractivity contribution < 1.29 is 4.79 Å². The van der Waals surface area contributed by atoms with Gasteiger partial charge in [0, 0.05) is 17.0 Å². The van der Waals surface area contributed by atoms with Crippen LogP contribution in [0.15, 0.2) is 53.6 Å². The predicted octanol–water partition coefficient (Wildman–Crippen LogP) is 3.87. The van der Waals surface area contributed by atoms with E-state index in [9.17, 15) is 4.79 Å². The molecule has 1 N–H and O–H groups in total. The highest BCUT2D eigenvalue weighted by Gasteiger charge is 2.09. The summed E-state index contributed by atoms with van der Waals surface area (Å²) in [5.74, 6) is -0.256. The predicted molar refractivity (Wildman–Crippen MR) is 77.6 cm³/mol. The highest BCUT2D eigenvalue weighted by molar-refractivity contribution is 5.98. The first-order valence-electron chi connectivity index (χ1n) is 6.18. The lowest BCUT2D eigenvalue weighted by Gasteiger charge is -2.07. The Labute approximate surface area is 116 Å². The smallest absolute Gasteiger partial charge is 0.252 e. The van der Waals surface area contributed by atoms with Crippen molar-refractivity contribution in [3.05, 3.63) is 75.7 Å². The van der Waals surface area contributed by atoms with E-state index in [-0.39, 0.29) is 5.91 Å². The van der Waals surface area contributed by atoms with Crippen LogP contribution in [-0.4, -0.2) is 5.91 Å². The second-order valence-electron chi connectivity index (χ2n) is 4.37. The lowest BCUT2D eigenvalue weighted by atomic mass is 10.1. The molecule has 2 aromatic rings. The SMILES string of the molecule is Cc1ccc(CNC(=O)c2ccccc2N=[N+]=[N-])cc1. The van der Waals surface area contributed by atoms with Gasteiger partial charge in [-0.2, -0.15) is 0 Å². The highest BCUT2D eigenvalue weighted by atomic mass is 16.1. The first-order chi connectivity index (χ1) is 9.70. The number of hydrogen-bond donors (Lipinski definition) is 1. The van der Waals surface area contributed by atoms with E-state index in [0.717, 1.165) is 5.56 Å². The molecule has 0 heterocycles. The molecule has 0 bridgehead atoms. The quantitative estimate of drug-likeness (QED) is 0.509. The Morgan fingerprint density at radius 2 is 1.90 bits per heavy atom. The largest absolute Gasteiger partial charge is 0.348 e. The summed E-state index contributed by atoms with van der Waals surface area (Å²) in [6.07, 6.45) is 0. The minimum absolute atomic E-state index is 0.256. The summed E-state index contributed by atoms with van der Waals surface area (Å²) < 4.78 is 0. The Bertz CT molecular complexity index is 658. The highest BCUT2D eigenvalue weighted by Crippen LogP contribution is 2.18. The molecule has 0 radical (unpaired) electrons. The topological polar surface area (TPSA) is 77.9 Å². The number of hydrogen-bond acceptors (Lipinski definition) is 2. The molecule has 2 aromatic carbocycles. The molecule has 0 spiro atoms. The van der Waals surface area contributed by atoms with E-state index in [0.29, 0.717) is 17.8 Å². The maximum atomic E-state index is 12.1. The van der Waals surface area contributed by atoms with Gasteiger partial charge >= 0.3 is 0 Å². The molecule has 20 heavy (non-hydrogen) atoms. The molecular weight excluding hydrogens is 252 g/mol. The maximum Gasteiger partial charge on any atom is 0.252 e.